The quantitative estimate of drug-likeness (QED) is 0.390. The zero-order valence-corrected chi connectivity index (χ0v) is 15.6. The fraction of sp³-hybridized carbons (Fsp3) is 0.375. The van der Waals surface area contributed by atoms with Gasteiger partial charge in [-0.15, -0.1) is 10.2 Å². The Morgan fingerprint density at radius 1 is 1.32 bits per heavy atom. The number of ketones is 1. The first-order chi connectivity index (χ1) is 12.0. The minimum absolute atomic E-state index is 0.00703. The second kappa shape index (κ2) is 9.47. The highest BCUT2D eigenvalue weighted by Gasteiger charge is 2.14. The maximum atomic E-state index is 14.0. The van der Waals surface area contributed by atoms with Crippen molar-refractivity contribution in [2.75, 3.05) is 22.9 Å². The van der Waals surface area contributed by atoms with Crippen LogP contribution in [0, 0.1) is 5.82 Å². The minimum Gasteiger partial charge on any atom is -0.360 e. The van der Waals surface area contributed by atoms with Crippen molar-refractivity contribution in [3.63, 3.8) is 0 Å². The van der Waals surface area contributed by atoms with Gasteiger partial charge in [0, 0.05) is 19.2 Å². The Labute approximate surface area is 153 Å². The highest BCUT2D eigenvalue weighted by Crippen LogP contribution is 2.26. The summed E-state index contributed by atoms with van der Waals surface area (Å²) in [5.74, 6) is -1.22. The van der Waals surface area contributed by atoms with E-state index in [1.807, 2.05) is 0 Å². The van der Waals surface area contributed by atoms with Crippen molar-refractivity contribution in [1.82, 2.24) is 10.2 Å². The smallest absolute Gasteiger partial charge is 0.221 e. The van der Waals surface area contributed by atoms with Crippen molar-refractivity contribution >= 4 is 45.6 Å². The topological polar surface area (TPSA) is 84.0 Å². The highest BCUT2D eigenvalue weighted by molar-refractivity contribution is 8.01. The van der Waals surface area contributed by atoms with Crippen molar-refractivity contribution in [1.29, 1.82) is 0 Å². The van der Waals surface area contributed by atoms with E-state index in [0.29, 0.717) is 15.2 Å². The summed E-state index contributed by atoms with van der Waals surface area (Å²) in [7, 11) is 0. The van der Waals surface area contributed by atoms with Gasteiger partial charge < -0.3 is 10.6 Å². The Bertz CT molecular complexity index is 751. The number of Topliss-reactive ketones (excluding diaryl/α,β-unsaturated/α-hetero) is 1. The van der Waals surface area contributed by atoms with Gasteiger partial charge in [-0.05, 0) is 24.6 Å². The summed E-state index contributed by atoms with van der Waals surface area (Å²) in [6.07, 6.45) is 2.14. The van der Waals surface area contributed by atoms with Gasteiger partial charge in [0.1, 0.15) is 5.82 Å². The van der Waals surface area contributed by atoms with Gasteiger partial charge in [-0.2, -0.15) is 0 Å². The first kappa shape index (κ1) is 19.3. The lowest BCUT2D eigenvalue weighted by Gasteiger charge is -2.05. The van der Waals surface area contributed by atoms with Crippen molar-refractivity contribution in [3.8, 4) is 0 Å². The van der Waals surface area contributed by atoms with E-state index in [1.165, 1.54) is 42.2 Å². The van der Waals surface area contributed by atoms with Crippen LogP contribution in [0.1, 0.15) is 37.0 Å². The van der Waals surface area contributed by atoms with Crippen LogP contribution < -0.4 is 10.6 Å². The van der Waals surface area contributed by atoms with E-state index >= 15 is 0 Å². The fourth-order valence-electron chi connectivity index (χ4n) is 1.94. The number of nitrogens with one attached hydrogen (secondary N) is 2. The van der Waals surface area contributed by atoms with Crippen LogP contribution >= 0.6 is 23.1 Å². The molecule has 0 radical (unpaired) electrons. The molecule has 0 aliphatic carbocycles. The van der Waals surface area contributed by atoms with Gasteiger partial charge in [-0.25, -0.2) is 4.39 Å². The Morgan fingerprint density at radius 2 is 2.12 bits per heavy atom. The molecule has 2 rings (SSSR count). The molecular formula is C16H19FN4O2S2. The predicted molar refractivity (Wildman–Crippen MR) is 99.1 cm³/mol. The third-order valence-corrected chi connectivity index (χ3v) is 5.14. The molecule has 0 unspecified atom stereocenters. The van der Waals surface area contributed by atoms with Crippen LogP contribution in [0.15, 0.2) is 22.5 Å². The van der Waals surface area contributed by atoms with Crippen LogP contribution in [0.3, 0.4) is 0 Å². The summed E-state index contributed by atoms with van der Waals surface area (Å²) in [5, 5.41) is 14.4. The Hall–Kier alpha value is -2.00. The Morgan fingerprint density at radius 3 is 2.80 bits per heavy atom. The van der Waals surface area contributed by atoms with E-state index in [4.69, 9.17) is 0 Å². The van der Waals surface area contributed by atoms with Gasteiger partial charge in [0.2, 0.25) is 11.0 Å². The van der Waals surface area contributed by atoms with Crippen molar-refractivity contribution in [3.05, 3.63) is 29.6 Å². The lowest BCUT2D eigenvalue weighted by atomic mass is 10.1. The lowest BCUT2D eigenvalue weighted by molar-refractivity contribution is -0.114. The van der Waals surface area contributed by atoms with Crippen molar-refractivity contribution in [2.45, 2.75) is 31.0 Å². The molecule has 0 fully saturated rings. The molecule has 134 valence electrons. The third kappa shape index (κ3) is 6.09. The number of anilines is 2. The summed E-state index contributed by atoms with van der Waals surface area (Å²) in [6, 6.07) is 4.02. The molecule has 9 heteroatoms. The first-order valence-electron chi connectivity index (χ1n) is 7.80. The Balaban J connectivity index is 1.90. The third-order valence-electron chi connectivity index (χ3n) is 3.13. The maximum Gasteiger partial charge on any atom is 0.221 e. The number of nitrogens with zero attached hydrogens (tertiary/aromatic N) is 2. The number of unbranched alkanes of at least 4 members (excludes halogenated alkanes) is 1. The second-order valence-electron chi connectivity index (χ2n) is 5.24. The number of aromatic nitrogens is 2. The molecule has 0 aliphatic heterocycles. The molecule has 0 bridgehead atoms. The molecule has 6 nitrogen and oxygen atoms in total. The fourth-order valence-corrected chi connectivity index (χ4v) is 3.60. The molecular weight excluding hydrogens is 363 g/mol. The average molecular weight is 382 g/mol. The van der Waals surface area contributed by atoms with Gasteiger partial charge >= 0.3 is 0 Å². The normalized spacial score (nSPS) is 10.5. The van der Waals surface area contributed by atoms with Gasteiger partial charge in [-0.1, -0.05) is 36.4 Å². The molecule has 0 atom stereocenters. The summed E-state index contributed by atoms with van der Waals surface area (Å²) >= 11 is 2.60. The molecule has 2 N–H and O–H groups in total. The van der Waals surface area contributed by atoms with E-state index in [0.717, 1.165) is 25.5 Å². The molecule has 0 saturated heterocycles. The molecule has 2 aromatic rings. The number of carbonyl (C=O) groups is 2. The van der Waals surface area contributed by atoms with Crippen molar-refractivity contribution < 1.29 is 14.0 Å². The number of benzene rings is 1. The van der Waals surface area contributed by atoms with Crippen molar-refractivity contribution in [2.24, 2.45) is 0 Å². The number of rotatable bonds is 9. The van der Waals surface area contributed by atoms with Gasteiger partial charge in [-0.3, -0.25) is 9.59 Å². The number of carbonyl (C=O) groups excluding carboxylic acids is 2. The zero-order chi connectivity index (χ0) is 18.2. The Kier molecular flexibility index (Phi) is 7.32. The first-order valence-corrected chi connectivity index (χ1v) is 9.60. The molecule has 1 heterocycles. The molecule has 0 saturated carbocycles. The van der Waals surface area contributed by atoms with E-state index in [2.05, 4.69) is 27.8 Å². The predicted octanol–water partition coefficient (Wildman–Crippen LogP) is 3.82. The summed E-state index contributed by atoms with van der Waals surface area (Å²) < 4.78 is 14.7. The van der Waals surface area contributed by atoms with Crippen LogP contribution in [-0.2, 0) is 4.79 Å². The molecule has 0 spiro atoms. The zero-order valence-electron chi connectivity index (χ0n) is 14.0. The van der Waals surface area contributed by atoms with Gasteiger partial charge in [0.05, 0.1) is 11.3 Å². The van der Waals surface area contributed by atoms with E-state index in [1.54, 1.807) is 0 Å². The molecule has 1 aromatic carbocycles. The molecule has 0 aliphatic rings. The number of halogens is 1. The van der Waals surface area contributed by atoms with Gasteiger partial charge in [0.25, 0.3) is 0 Å². The number of thioether (sulfide) groups is 1. The molecule has 25 heavy (non-hydrogen) atoms. The summed E-state index contributed by atoms with van der Waals surface area (Å²) in [5.41, 5.74) is 0.313. The number of hydrogen-bond acceptors (Lipinski definition) is 7. The summed E-state index contributed by atoms with van der Waals surface area (Å²) in [4.78, 5) is 23.1. The second-order valence-corrected chi connectivity index (χ2v) is 7.44. The largest absolute Gasteiger partial charge is 0.360 e. The van der Waals surface area contributed by atoms with Crippen LogP contribution in [-0.4, -0.2) is 34.2 Å². The number of hydrogen-bond donors (Lipinski definition) is 2. The number of amides is 1. The van der Waals surface area contributed by atoms with Gasteiger partial charge in [0.15, 0.2) is 10.1 Å². The van der Waals surface area contributed by atoms with Crippen LogP contribution in [0.5, 0.6) is 0 Å². The van der Waals surface area contributed by atoms with Crippen LogP contribution in [0.25, 0.3) is 0 Å². The van der Waals surface area contributed by atoms with E-state index in [-0.39, 0.29) is 23.0 Å². The summed E-state index contributed by atoms with van der Waals surface area (Å²) in [6.45, 7) is 4.28. The van der Waals surface area contributed by atoms with E-state index < -0.39 is 5.82 Å². The average Bonchev–Trinajstić information content (AvgIpc) is 3.00. The highest BCUT2D eigenvalue weighted by atomic mass is 32.2. The molecule has 1 amide bonds. The van der Waals surface area contributed by atoms with Crippen LogP contribution in [0.2, 0.25) is 0 Å². The van der Waals surface area contributed by atoms with Crippen LogP contribution in [0.4, 0.5) is 15.2 Å². The lowest BCUT2D eigenvalue weighted by Crippen LogP contribution is -2.09. The standard InChI is InChI=1S/C16H19FN4O2S2/c1-3-4-7-18-15-20-21-16(25-15)24-9-14(23)12-6-5-11(8-13(12)17)19-10(2)22/h5-6,8H,3-4,7,9H2,1-2H3,(H,18,20)(H,19,22). The monoisotopic (exact) mass is 382 g/mol. The minimum atomic E-state index is -0.656. The molecule has 1 aromatic heterocycles. The van der Waals surface area contributed by atoms with E-state index in [9.17, 15) is 14.0 Å². The maximum absolute atomic E-state index is 14.0. The SMILES string of the molecule is CCCCNc1nnc(SCC(=O)c2ccc(NC(C)=O)cc2F)s1.